The van der Waals surface area contributed by atoms with Crippen molar-refractivity contribution in [2.45, 2.75) is 105 Å². The number of rotatable bonds is 14. The van der Waals surface area contributed by atoms with E-state index in [1.54, 1.807) is 20.8 Å². The highest BCUT2D eigenvalue weighted by atomic mass is 16.5. The summed E-state index contributed by atoms with van der Waals surface area (Å²) in [6, 6.07) is 9.23. The first kappa shape index (κ1) is 49.5. The van der Waals surface area contributed by atoms with Gasteiger partial charge in [-0.15, -0.1) is 0 Å². The first-order chi connectivity index (χ1) is 15.3. The van der Waals surface area contributed by atoms with E-state index in [0.717, 1.165) is 12.1 Å². The fraction of sp³-hybridized carbons (Fsp3) is 0.710. The highest BCUT2D eigenvalue weighted by Gasteiger charge is 2.44. The van der Waals surface area contributed by atoms with Gasteiger partial charge in [-0.3, -0.25) is 14.4 Å². The van der Waals surface area contributed by atoms with Gasteiger partial charge in [0.2, 0.25) is 0 Å². The number of likely N-dealkylation sites (N-methyl/N-ethyl adjacent to an activating group) is 1. The van der Waals surface area contributed by atoms with Crippen molar-refractivity contribution >= 4 is 17.9 Å². The average molecular weight is 562 g/mol. The zero-order valence-electron chi connectivity index (χ0n) is 20.7. The van der Waals surface area contributed by atoms with E-state index >= 15 is 0 Å². The molecule has 0 fully saturated rings. The molecule has 0 aliphatic heterocycles. The normalized spacial score (nSPS) is 13.0. The fourth-order valence-electron chi connectivity index (χ4n) is 3.82. The second-order valence-electron chi connectivity index (χ2n) is 9.73. The maximum Gasteiger partial charge on any atom is 0.311 e. The van der Waals surface area contributed by atoms with Gasteiger partial charge < -0.3 is 24.6 Å². The van der Waals surface area contributed by atoms with Crippen molar-refractivity contribution in [1.29, 1.82) is 0 Å². The minimum absolute atomic E-state index is 0. The van der Waals surface area contributed by atoms with Crippen LogP contribution in [0.4, 0.5) is 0 Å². The molecular formula is C31H63NO7. The standard InChI is InChI=1S/C25H39NO7.6CH4/c1-7-26(6)14-20(27)16-32-21(28)18(2)13-25(5,22(29)30)17-24(3,4)23(31)33-15-19-11-9-8-10-12-19;;;;;;/h8-12,18,20,27H,7,13-17H2,1-6H3,(H,29,30);6*1H4. The Morgan fingerprint density at radius 3 is 1.92 bits per heavy atom. The van der Waals surface area contributed by atoms with Gasteiger partial charge in [0.25, 0.3) is 0 Å². The van der Waals surface area contributed by atoms with Gasteiger partial charge in [0, 0.05) is 6.54 Å². The Morgan fingerprint density at radius 1 is 0.949 bits per heavy atom. The molecule has 234 valence electrons. The molecular weight excluding hydrogens is 498 g/mol. The second-order valence-corrected chi connectivity index (χ2v) is 9.73. The van der Waals surface area contributed by atoms with Gasteiger partial charge in [-0.05, 0) is 52.8 Å². The average Bonchev–Trinajstić information content (AvgIpc) is 2.75. The number of carboxylic acids is 1. The lowest BCUT2D eigenvalue weighted by molar-refractivity contribution is -0.162. The van der Waals surface area contributed by atoms with E-state index in [0.29, 0.717) is 6.54 Å². The minimum atomic E-state index is -1.35. The van der Waals surface area contributed by atoms with Gasteiger partial charge >= 0.3 is 17.9 Å². The van der Waals surface area contributed by atoms with E-state index in [2.05, 4.69) is 0 Å². The fourth-order valence-corrected chi connectivity index (χ4v) is 3.82. The Hall–Kier alpha value is -2.45. The number of esters is 2. The van der Waals surface area contributed by atoms with Crippen LogP contribution in [-0.4, -0.2) is 65.9 Å². The molecule has 0 heterocycles. The van der Waals surface area contributed by atoms with Gasteiger partial charge in [0.15, 0.2) is 0 Å². The molecule has 0 aliphatic rings. The van der Waals surface area contributed by atoms with Gasteiger partial charge in [-0.1, -0.05) is 88.7 Å². The van der Waals surface area contributed by atoms with Gasteiger partial charge in [-0.2, -0.15) is 0 Å². The quantitative estimate of drug-likeness (QED) is 0.235. The lowest BCUT2D eigenvalue weighted by atomic mass is 9.70. The Kier molecular flexibility index (Phi) is 28.4. The summed E-state index contributed by atoms with van der Waals surface area (Å²) >= 11 is 0. The first-order valence-electron chi connectivity index (χ1n) is 11.3. The molecule has 0 aromatic heterocycles. The van der Waals surface area contributed by atoms with Crippen molar-refractivity contribution in [3.8, 4) is 0 Å². The number of hydrogen-bond donors (Lipinski definition) is 2. The highest BCUT2D eigenvalue weighted by Crippen LogP contribution is 2.40. The number of benzene rings is 1. The van der Waals surface area contributed by atoms with E-state index in [9.17, 15) is 24.6 Å². The topological polar surface area (TPSA) is 113 Å². The zero-order chi connectivity index (χ0) is 25.2. The van der Waals surface area contributed by atoms with Crippen LogP contribution in [-0.2, 0) is 30.5 Å². The summed E-state index contributed by atoms with van der Waals surface area (Å²) in [7, 11) is 1.85. The molecule has 39 heavy (non-hydrogen) atoms. The SMILES string of the molecule is C.C.C.C.C.C.CCN(C)CC(O)COC(=O)C(C)CC(C)(CC(C)(C)C(=O)OCc1ccccc1)C(=O)O. The number of carboxylic acid groups (broad SMARTS) is 1. The van der Waals surface area contributed by atoms with Crippen molar-refractivity contribution < 1.29 is 34.1 Å². The summed E-state index contributed by atoms with van der Waals surface area (Å²) in [4.78, 5) is 39.2. The molecule has 1 aromatic carbocycles. The lowest BCUT2D eigenvalue weighted by Crippen LogP contribution is -2.40. The van der Waals surface area contributed by atoms with Gasteiger partial charge in [0.1, 0.15) is 19.3 Å². The van der Waals surface area contributed by atoms with E-state index in [4.69, 9.17) is 9.47 Å². The van der Waals surface area contributed by atoms with Crippen molar-refractivity contribution in [3.63, 3.8) is 0 Å². The maximum atomic E-state index is 12.7. The minimum Gasteiger partial charge on any atom is -0.481 e. The summed E-state index contributed by atoms with van der Waals surface area (Å²) in [5.41, 5.74) is -1.59. The van der Waals surface area contributed by atoms with Crippen LogP contribution in [0.5, 0.6) is 0 Å². The molecule has 0 amide bonds. The van der Waals surface area contributed by atoms with E-state index in [1.165, 1.54) is 6.92 Å². The van der Waals surface area contributed by atoms with Crippen LogP contribution >= 0.6 is 0 Å². The largest absolute Gasteiger partial charge is 0.481 e. The Labute approximate surface area is 241 Å². The third-order valence-electron chi connectivity index (χ3n) is 5.75. The van der Waals surface area contributed by atoms with Crippen LogP contribution in [0.2, 0.25) is 0 Å². The number of carbonyl (C=O) groups is 3. The molecule has 0 radical (unpaired) electrons. The summed E-state index contributed by atoms with van der Waals surface area (Å²) in [5.74, 6) is -2.91. The molecule has 0 saturated carbocycles. The van der Waals surface area contributed by atoms with Gasteiger partial charge in [-0.25, -0.2) is 0 Å². The van der Waals surface area contributed by atoms with E-state index in [1.807, 2.05) is 49.2 Å². The maximum absolute atomic E-state index is 12.7. The molecule has 1 aromatic rings. The molecule has 1 rings (SSSR count). The highest BCUT2D eigenvalue weighted by molar-refractivity contribution is 5.80. The number of aliphatic hydroxyl groups is 1. The number of nitrogens with zero attached hydrogens (tertiary/aromatic N) is 1. The summed E-state index contributed by atoms with van der Waals surface area (Å²) in [5, 5.41) is 19.9. The van der Waals surface area contributed by atoms with Crippen LogP contribution in [0.3, 0.4) is 0 Å². The molecule has 3 atom stereocenters. The molecule has 0 saturated heterocycles. The predicted octanol–water partition coefficient (Wildman–Crippen LogP) is 6.94. The molecule has 3 unspecified atom stereocenters. The first-order valence-corrected chi connectivity index (χ1v) is 11.3. The molecule has 2 N–H and O–H groups in total. The van der Waals surface area contributed by atoms with E-state index in [-0.39, 0.29) is 70.6 Å². The Bertz CT molecular complexity index is 782. The zero-order valence-corrected chi connectivity index (χ0v) is 20.7. The number of aliphatic carboxylic acids is 1. The molecule has 0 spiro atoms. The smallest absolute Gasteiger partial charge is 0.311 e. The Balaban J connectivity index is -0.000000454. The van der Waals surface area contributed by atoms with Crippen LogP contribution in [0.1, 0.15) is 97.6 Å². The van der Waals surface area contributed by atoms with Crippen LogP contribution in [0.25, 0.3) is 0 Å². The van der Waals surface area contributed by atoms with Crippen molar-refractivity contribution in [2.75, 3.05) is 26.7 Å². The molecule has 0 bridgehead atoms. The summed E-state index contributed by atoms with van der Waals surface area (Å²) < 4.78 is 10.6. The summed E-state index contributed by atoms with van der Waals surface area (Å²) in [6.07, 6.45) is -0.846. The number of ether oxygens (including phenoxy) is 2. The molecule has 8 heteroatoms. The monoisotopic (exact) mass is 561 g/mol. The van der Waals surface area contributed by atoms with Crippen LogP contribution in [0, 0.1) is 16.7 Å². The third kappa shape index (κ3) is 17.0. The molecule has 0 aliphatic carbocycles. The number of hydrogen-bond acceptors (Lipinski definition) is 7. The molecule has 8 nitrogen and oxygen atoms in total. The lowest BCUT2D eigenvalue weighted by Gasteiger charge is -2.34. The van der Waals surface area contributed by atoms with Crippen LogP contribution < -0.4 is 0 Å². The Morgan fingerprint density at radius 2 is 1.46 bits per heavy atom. The van der Waals surface area contributed by atoms with Crippen molar-refractivity contribution in [3.05, 3.63) is 35.9 Å². The van der Waals surface area contributed by atoms with E-state index < -0.39 is 40.8 Å². The third-order valence-corrected chi connectivity index (χ3v) is 5.75. The summed E-state index contributed by atoms with van der Waals surface area (Å²) in [6.45, 7) is 9.42. The van der Waals surface area contributed by atoms with Crippen molar-refractivity contribution in [2.24, 2.45) is 16.7 Å². The van der Waals surface area contributed by atoms with Crippen molar-refractivity contribution in [1.82, 2.24) is 4.90 Å². The number of carbonyl (C=O) groups excluding carboxylic acids is 2. The second kappa shape index (κ2) is 22.4. The van der Waals surface area contributed by atoms with Crippen LogP contribution in [0.15, 0.2) is 30.3 Å². The predicted molar refractivity (Wildman–Crippen MR) is 165 cm³/mol. The van der Waals surface area contributed by atoms with Gasteiger partial charge in [0.05, 0.1) is 16.7 Å². The number of aliphatic hydroxyl groups excluding tert-OH is 1.